The maximum Gasteiger partial charge on any atom is 0.317 e. The highest BCUT2D eigenvalue weighted by Crippen LogP contribution is 2.25. The molecular weight excluding hydrogens is 329 g/mol. The number of halogens is 2. The molecule has 0 aliphatic carbocycles. The van der Waals surface area contributed by atoms with Gasteiger partial charge >= 0.3 is 5.97 Å². The van der Waals surface area contributed by atoms with Crippen LogP contribution in [0.5, 0.6) is 0 Å². The molecule has 2 rings (SSSR count). The van der Waals surface area contributed by atoms with Crippen molar-refractivity contribution in [3.63, 3.8) is 0 Å². The van der Waals surface area contributed by atoms with E-state index in [4.69, 9.17) is 5.11 Å². The second kappa shape index (κ2) is 6.99. The van der Waals surface area contributed by atoms with E-state index in [2.05, 4.69) is 26.2 Å². The summed E-state index contributed by atoms with van der Waals surface area (Å²) in [5.74, 6) is -0.513. The highest BCUT2D eigenvalue weighted by Gasteiger charge is 2.23. The van der Waals surface area contributed by atoms with Crippen LogP contribution in [0.4, 0.5) is 10.2 Å². The molecule has 1 aliphatic heterocycles. The number of carboxylic acid groups (broad SMARTS) is 1. The fraction of sp³-hybridized carbons (Fsp3) is 0.538. The maximum absolute atomic E-state index is 13.9. The first-order valence-corrected chi connectivity index (χ1v) is 7.34. The van der Waals surface area contributed by atoms with Gasteiger partial charge in [-0.25, -0.2) is 9.37 Å². The third-order valence-electron chi connectivity index (χ3n) is 3.32. The molecule has 7 heteroatoms. The molecule has 0 amide bonds. The number of rotatable bonds is 5. The Kier molecular flexibility index (Phi) is 5.31. The molecule has 20 heavy (non-hydrogen) atoms. The van der Waals surface area contributed by atoms with Crippen LogP contribution in [-0.4, -0.2) is 42.2 Å². The van der Waals surface area contributed by atoms with Crippen LogP contribution in [0.3, 0.4) is 0 Å². The lowest BCUT2D eigenvalue weighted by atomic mass is 9.98. The molecule has 1 unspecified atom stereocenters. The summed E-state index contributed by atoms with van der Waals surface area (Å²) in [6.07, 6.45) is 3.56. The average molecular weight is 346 g/mol. The second-order valence-electron chi connectivity index (χ2n) is 4.94. The Bertz CT molecular complexity index is 487. The lowest BCUT2D eigenvalue weighted by Gasteiger charge is -2.33. The van der Waals surface area contributed by atoms with Gasteiger partial charge in [0.25, 0.3) is 0 Å². The molecule has 0 spiro atoms. The Hall–Kier alpha value is -1.21. The highest BCUT2D eigenvalue weighted by atomic mass is 79.9. The van der Waals surface area contributed by atoms with Crippen molar-refractivity contribution in [3.8, 4) is 0 Å². The SMILES string of the molecule is O=C(O)CNCC1CCCN(c2ncc(Br)cc2F)C1. The van der Waals surface area contributed by atoms with Crippen LogP contribution in [-0.2, 0) is 4.79 Å². The molecule has 1 fully saturated rings. The van der Waals surface area contributed by atoms with Crippen molar-refractivity contribution < 1.29 is 14.3 Å². The van der Waals surface area contributed by atoms with Crippen LogP contribution in [0, 0.1) is 11.7 Å². The molecule has 0 saturated carbocycles. The fourth-order valence-corrected chi connectivity index (χ4v) is 2.75. The Morgan fingerprint density at radius 2 is 2.45 bits per heavy atom. The number of carboxylic acids is 1. The van der Waals surface area contributed by atoms with Gasteiger partial charge in [-0.3, -0.25) is 4.79 Å². The van der Waals surface area contributed by atoms with Gasteiger partial charge < -0.3 is 15.3 Å². The van der Waals surface area contributed by atoms with E-state index in [0.717, 1.165) is 19.4 Å². The Labute approximate surface area is 125 Å². The van der Waals surface area contributed by atoms with Crippen molar-refractivity contribution in [2.45, 2.75) is 12.8 Å². The van der Waals surface area contributed by atoms with E-state index in [1.165, 1.54) is 6.07 Å². The highest BCUT2D eigenvalue weighted by molar-refractivity contribution is 9.10. The van der Waals surface area contributed by atoms with Gasteiger partial charge in [0.05, 0.1) is 6.54 Å². The fourth-order valence-electron chi connectivity index (χ4n) is 2.45. The van der Waals surface area contributed by atoms with Gasteiger partial charge in [-0.2, -0.15) is 0 Å². The number of nitrogens with one attached hydrogen (secondary N) is 1. The number of pyridine rings is 1. The van der Waals surface area contributed by atoms with E-state index in [-0.39, 0.29) is 12.4 Å². The first-order valence-electron chi connectivity index (χ1n) is 6.54. The summed E-state index contributed by atoms with van der Waals surface area (Å²) in [6.45, 7) is 2.06. The quantitative estimate of drug-likeness (QED) is 0.852. The van der Waals surface area contributed by atoms with Crippen molar-refractivity contribution in [2.75, 3.05) is 31.1 Å². The van der Waals surface area contributed by atoms with Gasteiger partial charge in [0.2, 0.25) is 0 Å². The largest absolute Gasteiger partial charge is 0.480 e. The normalized spacial score (nSPS) is 19.1. The van der Waals surface area contributed by atoms with E-state index in [1.54, 1.807) is 6.20 Å². The van der Waals surface area contributed by atoms with Gasteiger partial charge in [-0.15, -0.1) is 0 Å². The molecule has 110 valence electrons. The molecule has 1 saturated heterocycles. The van der Waals surface area contributed by atoms with Gasteiger partial charge in [0, 0.05) is 30.3 Å². The third-order valence-corrected chi connectivity index (χ3v) is 3.75. The lowest BCUT2D eigenvalue weighted by Crippen LogP contribution is -2.41. The van der Waals surface area contributed by atoms with Crippen LogP contribution in [0.15, 0.2) is 16.7 Å². The van der Waals surface area contributed by atoms with Gasteiger partial charge in [-0.05, 0) is 40.8 Å². The zero-order valence-electron chi connectivity index (χ0n) is 11.0. The maximum atomic E-state index is 13.9. The van der Waals surface area contributed by atoms with Crippen LogP contribution in [0.2, 0.25) is 0 Å². The Balaban J connectivity index is 1.94. The lowest BCUT2D eigenvalue weighted by molar-refractivity contribution is -0.136. The molecule has 2 N–H and O–H groups in total. The summed E-state index contributed by atoms with van der Waals surface area (Å²) in [7, 11) is 0. The first kappa shape index (κ1) is 15.2. The third kappa shape index (κ3) is 4.14. The van der Waals surface area contributed by atoms with Crippen LogP contribution in [0.25, 0.3) is 0 Å². The predicted octanol–water partition coefficient (Wildman–Crippen LogP) is 1.87. The topological polar surface area (TPSA) is 65.5 Å². The summed E-state index contributed by atoms with van der Waals surface area (Å²) in [4.78, 5) is 16.5. The van der Waals surface area contributed by atoms with Gasteiger partial charge in [0.15, 0.2) is 11.6 Å². The predicted molar refractivity (Wildman–Crippen MR) is 77.3 cm³/mol. The van der Waals surface area contributed by atoms with Crippen molar-refractivity contribution in [1.29, 1.82) is 0 Å². The number of aliphatic carboxylic acids is 1. The average Bonchev–Trinajstić information content (AvgIpc) is 2.38. The molecule has 5 nitrogen and oxygen atoms in total. The van der Waals surface area contributed by atoms with Gasteiger partial charge in [-0.1, -0.05) is 0 Å². The Morgan fingerprint density at radius 3 is 3.15 bits per heavy atom. The van der Waals surface area contributed by atoms with E-state index < -0.39 is 5.97 Å². The van der Waals surface area contributed by atoms with Crippen LogP contribution in [0.1, 0.15) is 12.8 Å². The van der Waals surface area contributed by atoms with E-state index in [9.17, 15) is 9.18 Å². The molecule has 1 aromatic heterocycles. The molecule has 0 bridgehead atoms. The monoisotopic (exact) mass is 345 g/mol. The molecule has 1 aliphatic rings. The molecule has 2 heterocycles. The molecule has 1 atom stereocenters. The first-order chi connectivity index (χ1) is 9.56. The molecule has 0 aromatic carbocycles. The van der Waals surface area contributed by atoms with E-state index >= 15 is 0 Å². The zero-order chi connectivity index (χ0) is 14.5. The minimum atomic E-state index is -0.863. The number of anilines is 1. The van der Waals surface area contributed by atoms with E-state index in [1.807, 2.05) is 4.90 Å². The van der Waals surface area contributed by atoms with Crippen molar-refractivity contribution in [2.24, 2.45) is 5.92 Å². The van der Waals surface area contributed by atoms with Crippen molar-refractivity contribution in [1.82, 2.24) is 10.3 Å². The second-order valence-corrected chi connectivity index (χ2v) is 5.85. The summed E-state index contributed by atoms with van der Waals surface area (Å²) in [6, 6.07) is 1.41. The van der Waals surface area contributed by atoms with Gasteiger partial charge in [0.1, 0.15) is 0 Å². The standard InChI is InChI=1S/C13H17BrFN3O2/c14-10-4-11(15)13(17-6-10)18-3-1-2-9(8-18)5-16-7-12(19)20/h4,6,9,16H,1-3,5,7-8H2,(H,19,20). The smallest absolute Gasteiger partial charge is 0.317 e. The van der Waals surface area contributed by atoms with Crippen LogP contribution < -0.4 is 10.2 Å². The zero-order valence-corrected chi connectivity index (χ0v) is 12.6. The molecule has 1 aromatic rings. The summed E-state index contributed by atoms with van der Waals surface area (Å²) < 4.78 is 14.5. The molecule has 0 radical (unpaired) electrons. The number of piperidine rings is 1. The number of nitrogens with zero attached hydrogens (tertiary/aromatic N) is 2. The summed E-state index contributed by atoms with van der Waals surface area (Å²) in [5.41, 5.74) is 0. The minimum Gasteiger partial charge on any atom is -0.480 e. The summed E-state index contributed by atoms with van der Waals surface area (Å²) in [5, 5.41) is 11.5. The van der Waals surface area contributed by atoms with Crippen molar-refractivity contribution in [3.05, 3.63) is 22.6 Å². The molecular formula is C13H17BrFN3O2. The van der Waals surface area contributed by atoms with E-state index in [0.29, 0.717) is 29.3 Å². The number of carbonyl (C=O) groups is 1. The minimum absolute atomic E-state index is 0.0403. The summed E-state index contributed by atoms with van der Waals surface area (Å²) >= 11 is 3.19. The van der Waals surface area contributed by atoms with Crippen LogP contribution >= 0.6 is 15.9 Å². The number of aromatic nitrogens is 1. The number of hydrogen-bond acceptors (Lipinski definition) is 4. The van der Waals surface area contributed by atoms with Crippen molar-refractivity contribution >= 4 is 27.7 Å². The number of hydrogen-bond donors (Lipinski definition) is 2. The Morgan fingerprint density at radius 1 is 1.65 bits per heavy atom.